The van der Waals surface area contributed by atoms with Crippen LogP contribution in [0.15, 0.2) is 95.9 Å². The second-order valence-corrected chi connectivity index (χ2v) is 11.3. The Bertz CT molecular complexity index is 1850. The molecule has 0 radical (unpaired) electrons. The highest BCUT2D eigenvalue weighted by Gasteiger charge is 2.31. The lowest BCUT2D eigenvalue weighted by molar-refractivity contribution is -0.131. The molecule has 1 atom stereocenters. The number of aromatic nitrogens is 5. The van der Waals surface area contributed by atoms with Crippen molar-refractivity contribution in [2.45, 2.75) is 32.7 Å². The molecule has 0 bridgehead atoms. The van der Waals surface area contributed by atoms with Crippen LogP contribution in [0.4, 0.5) is 17.1 Å². The van der Waals surface area contributed by atoms with Crippen LogP contribution in [0.3, 0.4) is 0 Å². The third kappa shape index (κ3) is 6.37. The van der Waals surface area contributed by atoms with Crippen molar-refractivity contribution in [1.82, 2.24) is 30.1 Å². The Morgan fingerprint density at radius 2 is 1.53 bits per heavy atom. The Labute approximate surface area is 261 Å². The van der Waals surface area contributed by atoms with Crippen molar-refractivity contribution in [3.63, 3.8) is 0 Å². The van der Waals surface area contributed by atoms with Gasteiger partial charge in [-0.1, -0.05) is 86.6 Å². The number of hydrogen-bond donors (Lipinski definition) is 2. The van der Waals surface area contributed by atoms with Gasteiger partial charge in [0.1, 0.15) is 11.7 Å². The highest BCUT2D eigenvalue weighted by Crippen LogP contribution is 2.40. The molecule has 0 spiro atoms. The molecule has 0 aliphatic rings. The molecule has 0 aliphatic heterocycles. The molecule has 45 heavy (non-hydrogen) atoms. The van der Waals surface area contributed by atoms with Gasteiger partial charge >= 0.3 is 0 Å². The van der Waals surface area contributed by atoms with E-state index in [0.29, 0.717) is 34.6 Å². The first-order valence-electron chi connectivity index (χ1n) is 14.7. The number of para-hydroxylation sites is 1. The van der Waals surface area contributed by atoms with E-state index in [2.05, 4.69) is 20.6 Å². The number of aromatic amines is 1. The number of hydrogen-bond acceptors (Lipinski definition) is 7. The molecule has 3 aromatic carbocycles. The summed E-state index contributed by atoms with van der Waals surface area (Å²) >= 11 is 0. The van der Waals surface area contributed by atoms with E-state index in [-0.39, 0.29) is 35.5 Å². The number of amides is 2. The maximum Gasteiger partial charge on any atom is 0.278 e. The van der Waals surface area contributed by atoms with Gasteiger partial charge in [0.05, 0.1) is 11.4 Å². The van der Waals surface area contributed by atoms with E-state index in [1.54, 1.807) is 44.4 Å². The summed E-state index contributed by atoms with van der Waals surface area (Å²) in [5, 5.41) is 14.5. The van der Waals surface area contributed by atoms with Gasteiger partial charge < -0.3 is 10.6 Å². The van der Waals surface area contributed by atoms with E-state index in [0.717, 1.165) is 5.56 Å². The van der Waals surface area contributed by atoms with Crippen molar-refractivity contribution in [2.24, 2.45) is 5.92 Å². The minimum absolute atomic E-state index is 0.0248. The summed E-state index contributed by atoms with van der Waals surface area (Å²) in [4.78, 5) is 45.2. The first-order valence-corrected chi connectivity index (χ1v) is 14.7. The van der Waals surface area contributed by atoms with Crippen molar-refractivity contribution in [3.8, 4) is 22.5 Å². The van der Waals surface area contributed by atoms with E-state index in [1.807, 2.05) is 68.4 Å². The SMILES string of the molecule is CC(C)CCC(=O)N(c1ccccc1-c1ccccc1-c1nn[nH]n1)c1c(N)ccn(C(C(=O)N(C)C)c2ccccc2)c1=O. The number of nitrogens with two attached hydrogens (primary N) is 1. The number of nitrogens with one attached hydrogen (secondary N) is 1. The van der Waals surface area contributed by atoms with Crippen LogP contribution in [0, 0.1) is 5.92 Å². The fourth-order valence-corrected chi connectivity index (χ4v) is 5.27. The number of tetrazole rings is 1. The van der Waals surface area contributed by atoms with Crippen molar-refractivity contribution < 1.29 is 9.59 Å². The molecule has 11 nitrogen and oxygen atoms in total. The molecule has 0 saturated heterocycles. The minimum atomic E-state index is -0.977. The molecule has 0 fully saturated rings. The molecule has 230 valence electrons. The number of benzene rings is 3. The number of carbonyl (C=O) groups excluding carboxylic acids is 2. The van der Waals surface area contributed by atoms with Gasteiger partial charge in [-0.2, -0.15) is 5.21 Å². The summed E-state index contributed by atoms with van der Waals surface area (Å²) < 4.78 is 1.35. The number of nitrogens with zero attached hydrogens (tertiary/aromatic N) is 6. The quantitative estimate of drug-likeness (QED) is 0.227. The van der Waals surface area contributed by atoms with Gasteiger partial charge in [0.15, 0.2) is 0 Å². The van der Waals surface area contributed by atoms with E-state index in [4.69, 9.17) is 5.73 Å². The third-order valence-electron chi connectivity index (χ3n) is 7.55. The van der Waals surface area contributed by atoms with Crippen LogP contribution in [0.5, 0.6) is 0 Å². The van der Waals surface area contributed by atoms with E-state index in [9.17, 15) is 14.4 Å². The zero-order chi connectivity index (χ0) is 32.1. The normalized spacial score (nSPS) is 11.8. The van der Waals surface area contributed by atoms with Crippen LogP contribution in [-0.4, -0.2) is 56.0 Å². The molecule has 11 heteroatoms. The van der Waals surface area contributed by atoms with Crippen molar-refractivity contribution in [1.29, 1.82) is 0 Å². The van der Waals surface area contributed by atoms with E-state index >= 15 is 0 Å². The zero-order valence-corrected chi connectivity index (χ0v) is 25.7. The van der Waals surface area contributed by atoms with Crippen LogP contribution in [0.1, 0.15) is 38.3 Å². The zero-order valence-electron chi connectivity index (χ0n) is 25.7. The van der Waals surface area contributed by atoms with Crippen LogP contribution in [-0.2, 0) is 9.59 Å². The molecule has 2 aromatic heterocycles. The largest absolute Gasteiger partial charge is 0.397 e. The number of H-pyrrole nitrogens is 1. The summed E-state index contributed by atoms with van der Waals surface area (Å²) in [6.45, 7) is 4.07. The lowest BCUT2D eigenvalue weighted by atomic mass is 9.96. The molecule has 5 aromatic rings. The summed E-state index contributed by atoms with van der Waals surface area (Å²) in [6.07, 6.45) is 2.28. The first kappa shape index (κ1) is 30.9. The van der Waals surface area contributed by atoms with Gasteiger partial charge in [-0.05, 0) is 40.8 Å². The van der Waals surface area contributed by atoms with Crippen molar-refractivity contribution in [2.75, 3.05) is 24.7 Å². The summed E-state index contributed by atoms with van der Waals surface area (Å²) in [6, 6.07) is 24.5. The van der Waals surface area contributed by atoms with Gasteiger partial charge in [-0.25, -0.2) is 0 Å². The number of nitrogen functional groups attached to an aromatic ring is 1. The molecular weight excluding hydrogens is 568 g/mol. The molecule has 0 aliphatic carbocycles. The number of rotatable bonds is 10. The fraction of sp³-hybridized carbons (Fsp3) is 0.235. The maximum atomic E-state index is 14.6. The first-order chi connectivity index (χ1) is 21.7. The third-order valence-corrected chi connectivity index (χ3v) is 7.55. The Kier molecular flexibility index (Phi) is 9.17. The van der Waals surface area contributed by atoms with E-state index in [1.165, 1.54) is 20.6 Å². The van der Waals surface area contributed by atoms with E-state index < -0.39 is 11.6 Å². The van der Waals surface area contributed by atoms with Gasteiger partial charge in [0, 0.05) is 37.8 Å². The van der Waals surface area contributed by atoms with Crippen LogP contribution in [0.2, 0.25) is 0 Å². The topological polar surface area (TPSA) is 143 Å². The predicted octanol–water partition coefficient (Wildman–Crippen LogP) is 5.06. The molecule has 1 unspecified atom stereocenters. The summed E-state index contributed by atoms with van der Waals surface area (Å²) in [7, 11) is 3.28. The highest BCUT2D eigenvalue weighted by atomic mass is 16.2. The Balaban J connectivity index is 1.76. The summed E-state index contributed by atoms with van der Waals surface area (Å²) in [5.74, 6) is 0.0265. The van der Waals surface area contributed by atoms with Crippen LogP contribution >= 0.6 is 0 Å². The van der Waals surface area contributed by atoms with Gasteiger partial charge in [0.25, 0.3) is 5.56 Å². The van der Waals surface area contributed by atoms with Gasteiger partial charge in [-0.3, -0.25) is 23.9 Å². The van der Waals surface area contributed by atoms with Gasteiger partial charge in [0.2, 0.25) is 17.6 Å². The fourth-order valence-electron chi connectivity index (χ4n) is 5.27. The molecule has 0 saturated carbocycles. The average Bonchev–Trinajstić information content (AvgIpc) is 3.59. The molecular formula is C34H36N8O3. The lowest BCUT2D eigenvalue weighted by Crippen LogP contribution is -2.40. The Hall–Kier alpha value is -5.58. The summed E-state index contributed by atoms with van der Waals surface area (Å²) in [5.41, 5.74) is 9.24. The smallest absolute Gasteiger partial charge is 0.278 e. The van der Waals surface area contributed by atoms with Gasteiger partial charge in [-0.15, -0.1) is 10.2 Å². The molecule has 2 amide bonds. The number of carbonyl (C=O) groups is 2. The van der Waals surface area contributed by atoms with Crippen molar-refractivity contribution in [3.05, 3.63) is 107 Å². The minimum Gasteiger partial charge on any atom is -0.397 e. The lowest BCUT2D eigenvalue weighted by Gasteiger charge is -2.29. The monoisotopic (exact) mass is 604 g/mol. The Morgan fingerprint density at radius 3 is 2.18 bits per heavy atom. The van der Waals surface area contributed by atoms with Crippen LogP contribution < -0.4 is 16.2 Å². The molecule has 5 rings (SSSR count). The predicted molar refractivity (Wildman–Crippen MR) is 175 cm³/mol. The average molecular weight is 605 g/mol. The second-order valence-electron chi connectivity index (χ2n) is 11.3. The van der Waals surface area contributed by atoms with Crippen LogP contribution in [0.25, 0.3) is 22.5 Å². The molecule has 3 N–H and O–H groups in total. The highest BCUT2D eigenvalue weighted by molar-refractivity contribution is 6.06. The standard InChI is InChI=1S/C34H36N8O3/c1-22(2)18-19-29(43)42(28-17-11-10-15-25(28)24-14-8-9-16-26(24)32-36-38-39-37-32)31-27(35)20-21-41(34(31)45)30(33(44)40(3)4)23-12-6-5-7-13-23/h5-17,20-22,30H,18-19,35H2,1-4H3,(H,36,37,38,39). The maximum absolute atomic E-state index is 14.6. The number of pyridine rings is 1. The number of anilines is 3. The number of likely N-dealkylation sites (N-methyl/N-ethyl adjacent to an activating group) is 1. The molecule has 2 heterocycles. The second kappa shape index (κ2) is 13.4. The van der Waals surface area contributed by atoms with Crippen molar-refractivity contribution >= 4 is 28.9 Å². The Morgan fingerprint density at radius 1 is 0.889 bits per heavy atom.